The lowest BCUT2D eigenvalue weighted by molar-refractivity contribution is -0.121. The number of benzene rings is 2. The first kappa shape index (κ1) is 18.8. The largest absolute Gasteiger partial charge is 0.496 e. The number of methoxy groups -OCH3 is 1. The van der Waals surface area contributed by atoms with E-state index in [2.05, 4.69) is 17.4 Å². The molecule has 0 fully saturated rings. The van der Waals surface area contributed by atoms with E-state index in [1.54, 1.807) is 7.11 Å². The maximum Gasteiger partial charge on any atom is 0.220 e. The lowest BCUT2D eigenvalue weighted by Crippen LogP contribution is -2.28. The maximum absolute atomic E-state index is 12.0. The summed E-state index contributed by atoms with van der Waals surface area (Å²) in [5, 5.41) is 2.90. The van der Waals surface area contributed by atoms with Gasteiger partial charge in [0.25, 0.3) is 0 Å². The lowest BCUT2D eigenvalue weighted by atomic mass is 10.1. The van der Waals surface area contributed by atoms with Crippen molar-refractivity contribution in [3.05, 3.63) is 58.7 Å². The molecule has 2 aromatic carbocycles. The number of carbonyl (C=O) groups is 1. The quantitative estimate of drug-likeness (QED) is 0.744. The summed E-state index contributed by atoms with van der Waals surface area (Å²) in [4.78, 5) is 12.0. The molecule has 0 aliphatic carbocycles. The van der Waals surface area contributed by atoms with Gasteiger partial charge in [0.05, 0.1) is 13.7 Å². The molecule has 4 nitrogen and oxygen atoms in total. The summed E-state index contributed by atoms with van der Waals surface area (Å²) < 4.78 is 10.9. The topological polar surface area (TPSA) is 47.6 Å². The molecule has 4 heteroatoms. The predicted octanol–water partition coefficient (Wildman–Crippen LogP) is 3.75. The number of amides is 1. The molecule has 0 saturated heterocycles. The van der Waals surface area contributed by atoms with Crippen molar-refractivity contribution in [1.29, 1.82) is 0 Å². The molecule has 0 atom stereocenters. The molecule has 0 heterocycles. The van der Waals surface area contributed by atoms with Crippen molar-refractivity contribution in [2.24, 2.45) is 0 Å². The van der Waals surface area contributed by atoms with Crippen LogP contribution in [0.2, 0.25) is 0 Å². The third kappa shape index (κ3) is 6.14. The number of ether oxygens (including phenoxy) is 2. The summed E-state index contributed by atoms with van der Waals surface area (Å²) in [5.41, 5.74) is 4.57. The summed E-state index contributed by atoms with van der Waals surface area (Å²) in [6.07, 6.45) is 1.18. The molecule has 0 bridgehead atoms. The van der Waals surface area contributed by atoms with Gasteiger partial charge in [0.1, 0.15) is 18.1 Å². The first-order valence-corrected chi connectivity index (χ1v) is 8.59. The molecule has 0 spiro atoms. The monoisotopic (exact) mass is 341 g/mol. The average Bonchev–Trinajstić information content (AvgIpc) is 2.56. The van der Waals surface area contributed by atoms with E-state index in [1.165, 1.54) is 11.1 Å². The Morgan fingerprint density at radius 1 is 1.04 bits per heavy atom. The van der Waals surface area contributed by atoms with Crippen LogP contribution >= 0.6 is 0 Å². The van der Waals surface area contributed by atoms with Gasteiger partial charge in [-0.25, -0.2) is 0 Å². The van der Waals surface area contributed by atoms with Crippen LogP contribution in [0.5, 0.6) is 11.5 Å². The van der Waals surface area contributed by atoms with E-state index in [9.17, 15) is 4.79 Å². The van der Waals surface area contributed by atoms with Crippen molar-refractivity contribution in [3.8, 4) is 11.5 Å². The summed E-state index contributed by atoms with van der Waals surface area (Å²) in [6.45, 7) is 7.07. The van der Waals surface area contributed by atoms with Gasteiger partial charge >= 0.3 is 0 Å². The Morgan fingerprint density at radius 2 is 1.76 bits per heavy atom. The zero-order valence-electron chi connectivity index (χ0n) is 15.5. The minimum absolute atomic E-state index is 0.0393. The van der Waals surface area contributed by atoms with Crippen molar-refractivity contribution >= 4 is 5.91 Å². The van der Waals surface area contributed by atoms with Gasteiger partial charge in [0, 0.05) is 6.42 Å². The van der Waals surface area contributed by atoms with Gasteiger partial charge in [-0.05, 0) is 67.6 Å². The number of hydrogen-bond acceptors (Lipinski definition) is 3. The second kappa shape index (κ2) is 9.11. The zero-order chi connectivity index (χ0) is 18.2. The second-order valence-electron chi connectivity index (χ2n) is 6.33. The van der Waals surface area contributed by atoms with Gasteiger partial charge in [-0.15, -0.1) is 0 Å². The molecular formula is C21H27NO3. The molecule has 25 heavy (non-hydrogen) atoms. The smallest absolute Gasteiger partial charge is 0.220 e. The Kier molecular flexibility index (Phi) is 6.87. The molecule has 1 amide bonds. The fourth-order valence-electron chi connectivity index (χ4n) is 2.82. The van der Waals surface area contributed by atoms with E-state index in [0.717, 1.165) is 22.6 Å². The van der Waals surface area contributed by atoms with Crippen LogP contribution in [0.1, 0.15) is 28.7 Å². The fourth-order valence-corrected chi connectivity index (χ4v) is 2.82. The summed E-state index contributed by atoms with van der Waals surface area (Å²) >= 11 is 0. The van der Waals surface area contributed by atoms with Gasteiger partial charge in [0.15, 0.2) is 0 Å². The van der Waals surface area contributed by atoms with Crippen LogP contribution in [0.15, 0.2) is 36.4 Å². The Morgan fingerprint density at radius 3 is 2.40 bits per heavy atom. The molecular weight excluding hydrogens is 314 g/mol. The van der Waals surface area contributed by atoms with Gasteiger partial charge in [-0.3, -0.25) is 4.79 Å². The minimum Gasteiger partial charge on any atom is -0.496 e. The minimum atomic E-state index is 0.0393. The first-order chi connectivity index (χ1) is 12.0. The van der Waals surface area contributed by atoms with Gasteiger partial charge in [-0.1, -0.05) is 18.2 Å². The highest BCUT2D eigenvalue weighted by Crippen LogP contribution is 2.19. The molecule has 134 valence electrons. The highest BCUT2D eigenvalue weighted by atomic mass is 16.5. The number of rotatable bonds is 8. The van der Waals surface area contributed by atoms with Crippen LogP contribution in [-0.4, -0.2) is 26.2 Å². The standard InChI is InChI=1S/C21H27NO3/c1-15-11-16(2)13-19(12-15)25-10-9-22-21(23)8-6-18-5-7-20(24-4)17(3)14-18/h5,7,11-14H,6,8-10H2,1-4H3,(H,22,23). The molecule has 2 rings (SSSR count). The van der Waals surface area contributed by atoms with E-state index >= 15 is 0 Å². The molecule has 0 radical (unpaired) electrons. The number of aryl methyl sites for hydroxylation is 4. The maximum atomic E-state index is 12.0. The van der Waals surface area contributed by atoms with Crippen LogP contribution < -0.4 is 14.8 Å². The Hall–Kier alpha value is -2.49. The Balaban J connectivity index is 1.69. The molecule has 0 aromatic heterocycles. The van der Waals surface area contributed by atoms with E-state index in [0.29, 0.717) is 26.0 Å². The number of carbonyl (C=O) groups excluding carboxylic acids is 1. The normalized spacial score (nSPS) is 10.4. The van der Waals surface area contributed by atoms with E-state index in [1.807, 2.05) is 45.0 Å². The first-order valence-electron chi connectivity index (χ1n) is 8.59. The summed E-state index contributed by atoms with van der Waals surface area (Å²) in [5.74, 6) is 1.76. The lowest BCUT2D eigenvalue weighted by Gasteiger charge is -2.10. The molecule has 0 aliphatic rings. The van der Waals surface area contributed by atoms with Gasteiger partial charge < -0.3 is 14.8 Å². The summed E-state index contributed by atoms with van der Waals surface area (Å²) in [7, 11) is 1.66. The average molecular weight is 341 g/mol. The molecule has 1 N–H and O–H groups in total. The van der Waals surface area contributed by atoms with Crippen LogP contribution in [0.4, 0.5) is 0 Å². The summed E-state index contributed by atoms with van der Waals surface area (Å²) in [6, 6.07) is 12.1. The van der Waals surface area contributed by atoms with Crippen molar-refractivity contribution in [2.75, 3.05) is 20.3 Å². The Labute approximate surface area is 150 Å². The third-order valence-corrected chi connectivity index (χ3v) is 3.99. The van der Waals surface area contributed by atoms with Crippen molar-refractivity contribution in [3.63, 3.8) is 0 Å². The Bertz CT molecular complexity index is 705. The highest BCUT2D eigenvalue weighted by Gasteiger charge is 2.05. The molecule has 0 aliphatic heterocycles. The van der Waals surface area contributed by atoms with E-state index in [4.69, 9.17) is 9.47 Å². The number of hydrogen-bond donors (Lipinski definition) is 1. The van der Waals surface area contributed by atoms with Crippen LogP contribution in [0, 0.1) is 20.8 Å². The van der Waals surface area contributed by atoms with E-state index in [-0.39, 0.29) is 5.91 Å². The fraction of sp³-hybridized carbons (Fsp3) is 0.381. The van der Waals surface area contributed by atoms with Crippen LogP contribution in [0.3, 0.4) is 0 Å². The second-order valence-corrected chi connectivity index (χ2v) is 6.33. The molecule has 0 unspecified atom stereocenters. The van der Waals surface area contributed by atoms with Crippen molar-refractivity contribution < 1.29 is 14.3 Å². The predicted molar refractivity (Wildman–Crippen MR) is 100 cm³/mol. The zero-order valence-corrected chi connectivity index (χ0v) is 15.5. The van der Waals surface area contributed by atoms with Crippen molar-refractivity contribution in [2.45, 2.75) is 33.6 Å². The van der Waals surface area contributed by atoms with Crippen molar-refractivity contribution in [1.82, 2.24) is 5.32 Å². The van der Waals surface area contributed by atoms with Crippen LogP contribution in [0.25, 0.3) is 0 Å². The molecule has 0 saturated carbocycles. The van der Waals surface area contributed by atoms with Gasteiger partial charge in [0.2, 0.25) is 5.91 Å². The highest BCUT2D eigenvalue weighted by molar-refractivity contribution is 5.76. The van der Waals surface area contributed by atoms with Gasteiger partial charge in [-0.2, -0.15) is 0 Å². The van der Waals surface area contributed by atoms with E-state index < -0.39 is 0 Å². The number of nitrogens with one attached hydrogen (secondary N) is 1. The SMILES string of the molecule is COc1ccc(CCC(=O)NCCOc2cc(C)cc(C)c2)cc1C. The third-order valence-electron chi connectivity index (χ3n) is 3.99. The molecule has 2 aromatic rings. The van der Waals surface area contributed by atoms with Crippen LogP contribution in [-0.2, 0) is 11.2 Å².